The van der Waals surface area contributed by atoms with Crippen LogP contribution in [0.2, 0.25) is 0 Å². The van der Waals surface area contributed by atoms with E-state index >= 15 is 0 Å². The van der Waals surface area contributed by atoms with Crippen molar-refractivity contribution in [3.63, 3.8) is 0 Å². The van der Waals surface area contributed by atoms with Crippen LogP contribution in [0.5, 0.6) is 0 Å². The SMILES string of the molecule is O=C(C1CCC(NC2CCOCC2)C1)N1CC=C(c2cccc(C(F)(F)F)c2)CC1. The molecular formula is C23H29F3N2O2. The molecule has 4 rings (SSSR count). The number of hydrogen-bond acceptors (Lipinski definition) is 3. The van der Waals surface area contributed by atoms with Gasteiger partial charge in [0.05, 0.1) is 5.56 Å². The largest absolute Gasteiger partial charge is 0.416 e. The van der Waals surface area contributed by atoms with Crippen LogP contribution in [0.4, 0.5) is 13.2 Å². The summed E-state index contributed by atoms with van der Waals surface area (Å²) in [4.78, 5) is 14.8. The molecular weight excluding hydrogens is 393 g/mol. The zero-order valence-electron chi connectivity index (χ0n) is 17.1. The minimum atomic E-state index is -4.34. The highest BCUT2D eigenvalue weighted by molar-refractivity contribution is 5.81. The van der Waals surface area contributed by atoms with Crippen molar-refractivity contribution in [2.45, 2.75) is 56.8 Å². The normalized spacial score (nSPS) is 26.0. The van der Waals surface area contributed by atoms with Crippen molar-refractivity contribution in [1.82, 2.24) is 10.2 Å². The van der Waals surface area contributed by atoms with Crippen molar-refractivity contribution in [3.8, 4) is 0 Å². The lowest BCUT2D eigenvalue weighted by Gasteiger charge is -2.30. The molecule has 0 aromatic heterocycles. The molecule has 30 heavy (non-hydrogen) atoms. The molecule has 1 saturated carbocycles. The molecule has 1 saturated heterocycles. The molecule has 0 radical (unpaired) electrons. The van der Waals surface area contributed by atoms with Crippen LogP contribution in [0.3, 0.4) is 0 Å². The predicted molar refractivity (Wildman–Crippen MR) is 109 cm³/mol. The Morgan fingerprint density at radius 3 is 2.60 bits per heavy atom. The first-order chi connectivity index (χ1) is 14.4. The summed E-state index contributed by atoms with van der Waals surface area (Å²) in [5.74, 6) is 0.233. The lowest BCUT2D eigenvalue weighted by molar-refractivity contribution is -0.137. The zero-order valence-corrected chi connectivity index (χ0v) is 17.1. The summed E-state index contributed by atoms with van der Waals surface area (Å²) in [6.07, 6.45) is 3.01. The van der Waals surface area contributed by atoms with Crippen LogP contribution in [-0.4, -0.2) is 49.2 Å². The van der Waals surface area contributed by atoms with E-state index in [1.165, 1.54) is 12.1 Å². The smallest absolute Gasteiger partial charge is 0.381 e. The Hall–Kier alpha value is -1.86. The summed E-state index contributed by atoms with van der Waals surface area (Å²) in [6.45, 7) is 2.65. The van der Waals surface area contributed by atoms with Crippen LogP contribution in [0, 0.1) is 5.92 Å². The second kappa shape index (κ2) is 9.10. The zero-order chi connectivity index (χ0) is 21.1. The highest BCUT2D eigenvalue weighted by atomic mass is 19.4. The number of halogens is 3. The Morgan fingerprint density at radius 1 is 1.10 bits per heavy atom. The van der Waals surface area contributed by atoms with Crippen LogP contribution >= 0.6 is 0 Å². The van der Waals surface area contributed by atoms with Crippen molar-refractivity contribution in [2.24, 2.45) is 5.92 Å². The summed E-state index contributed by atoms with van der Waals surface area (Å²) in [5.41, 5.74) is 0.850. The van der Waals surface area contributed by atoms with Crippen molar-refractivity contribution >= 4 is 11.5 Å². The third kappa shape index (κ3) is 5.06. The Morgan fingerprint density at radius 2 is 1.90 bits per heavy atom. The van der Waals surface area contributed by atoms with E-state index in [2.05, 4.69) is 5.32 Å². The van der Waals surface area contributed by atoms with Gasteiger partial charge in [0.2, 0.25) is 5.91 Å². The van der Waals surface area contributed by atoms with E-state index in [9.17, 15) is 18.0 Å². The molecule has 0 spiro atoms. The van der Waals surface area contributed by atoms with Crippen molar-refractivity contribution in [2.75, 3.05) is 26.3 Å². The molecule has 2 fully saturated rings. The lowest BCUT2D eigenvalue weighted by atomic mass is 9.96. The number of benzene rings is 1. The summed E-state index contributed by atoms with van der Waals surface area (Å²) in [6, 6.07) is 6.33. The number of alkyl halides is 3. The molecule has 1 aromatic carbocycles. The van der Waals surface area contributed by atoms with Gasteiger partial charge in [0.25, 0.3) is 0 Å². The molecule has 1 aliphatic carbocycles. The third-order valence-electron chi connectivity index (χ3n) is 6.56. The standard InChI is InChI=1S/C23H29F3N2O2/c24-23(25,26)19-3-1-2-17(14-19)16-6-10-28(11-7-16)22(29)18-4-5-21(15-18)27-20-8-12-30-13-9-20/h1-3,6,14,18,20-21,27H,4-5,7-13,15H2. The van der Waals surface area contributed by atoms with Crippen LogP contribution in [0.1, 0.15) is 49.7 Å². The van der Waals surface area contributed by atoms with E-state index < -0.39 is 11.7 Å². The van der Waals surface area contributed by atoms with Gasteiger partial charge in [-0.2, -0.15) is 13.2 Å². The number of hydrogen-bond donors (Lipinski definition) is 1. The molecule has 4 nitrogen and oxygen atoms in total. The fourth-order valence-electron chi connectivity index (χ4n) is 4.84. The Kier molecular flexibility index (Phi) is 6.48. The molecule has 1 amide bonds. The highest BCUT2D eigenvalue weighted by Crippen LogP contribution is 2.33. The van der Waals surface area contributed by atoms with Crippen molar-refractivity contribution in [3.05, 3.63) is 41.5 Å². The van der Waals surface area contributed by atoms with E-state index in [1.54, 1.807) is 6.07 Å². The van der Waals surface area contributed by atoms with E-state index in [-0.39, 0.29) is 11.8 Å². The fraction of sp³-hybridized carbons (Fsp3) is 0.609. The van der Waals surface area contributed by atoms with Gasteiger partial charge in [-0.25, -0.2) is 0 Å². The lowest BCUT2D eigenvalue weighted by Crippen LogP contribution is -2.42. The molecule has 2 aliphatic heterocycles. The molecule has 0 bridgehead atoms. The Labute approximate surface area is 175 Å². The van der Waals surface area contributed by atoms with E-state index in [4.69, 9.17) is 4.74 Å². The summed E-state index contributed by atoms with van der Waals surface area (Å²) in [7, 11) is 0. The summed E-state index contributed by atoms with van der Waals surface area (Å²) < 4.78 is 44.3. The fourth-order valence-corrected chi connectivity index (χ4v) is 4.84. The first-order valence-corrected chi connectivity index (χ1v) is 10.9. The average Bonchev–Trinajstić information content (AvgIpc) is 3.22. The van der Waals surface area contributed by atoms with Gasteiger partial charge in [-0.3, -0.25) is 4.79 Å². The molecule has 1 N–H and O–H groups in total. The topological polar surface area (TPSA) is 41.6 Å². The molecule has 2 heterocycles. The maximum atomic E-state index is 13.0. The van der Waals surface area contributed by atoms with Gasteiger partial charge in [-0.15, -0.1) is 0 Å². The quantitative estimate of drug-likeness (QED) is 0.789. The van der Waals surface area contributed by atoms with E-state index in [0.29, 0.717) is 37.2 Å². The van der Waals surface area contributed by atoms with Crippen molar-refractivity contribution in [1.29, 1.82) is 0 Å². The molecule has 2 atom stereocenters. The Balaban J connectivity index is 1.31. The molecule has 7 heteroatoms. The maximum Gasteiger partial charge on any atom is 0.416 e. The molecule has 1 aromatic rings. The van der Waals surface area contributed by atoms with Crippen molar-refractivity contribution < 1.29 is 22.7 Å². The van der Waals surface area contributed by atoms with Gasteiger partial charge in [-0.05, 0) is 61.8 Å². The number of carbonyl (C=O) groups is 1. The summed E-state index contributed by atoms with van der Waals surface area (Å²) in [5, 5.41) is 3.70. The number of rotatable bonds is 4. The first-order valence-electron chi connectivity index (χ1n) is 10.9. The van der Waals surface area contributed by atoms with Gasteiger partial charge < -0.3 is 15.0 Å². The number of nitrogens with one attached hydrogen (secondary N) is 1. The minimum Gasteiger partial charge on any atom is -0.381 e. The Bertz CT molecular complexity index is 787. The van der Waals surface area contributed by atoms with Crippen LogP contribution in [0.15, 0.2) is 30.3 Å². The van der Waals surface area contributed by atoms with Crippen LogP contribution in [-0.2, 0) is 15.7 Å². The third-order valence-corrected chi connectivity index (χ3v) is 6.56. The van der Waals surface area contributed by atoms with Crippen LogP contribution in [0.25, 0.3) is 5.57 Å². The van der Waals surface area contributed by atoms with Gasteiger partial charge in [0.15, 0.2) is 0 Å². The van der Waals surface area contributed by atoms with E-state index in [0.717, 1.165) is 57.0 Å². The van der Waals surface area contributed by atoms with Gasteiger partial charge in [0.1, 0.15) is 0 Å². The first kappa shape index (κ1) is 21.4. The van der Waals surface area contributed by atoms with Gasteiger partial charge >= 0.3 is 6.18 Å². The number of nitrogens with zero attached hydrogens (tertiary/aromatic N) is 1. The highest BCUT2D eigenvalue weighted by Gasteiger charge is 2.34. The summed E-state index contributed by atoms with van der Waals surface area (Å²) >= 11 is 0. The number of ether oxygens (including phenoxy) is 1. The monoisotopic (exact) mass is 422 g/mol. The van der Waals surface area contributed by atoms with Crippen LogP contribution < -0.4 is 5.32 Å². The maximum absolute atomic E-state index is 13.0. The average molecular weight is 422 g/mol. The molecule has 3 aliphatic rings. The second-order valence-electron chi connectivity index (χ2n) is 8.60. The second-order valence-corrected chi connectivity index (χ2v) is 8.60. The minimum absolute atomic E-state index is 0.0471. The predicted octanol–water partition coefficient (Wildman–Crippen LogP) is 4.26. The molecule has 164 valence electrons. The van der Waals surface area contributed by atoms with E-state index in [1.807, 2.05) is 11.0 Å². The van der Waals surface area contributed by atoms with Gasteiger partial charge in [0, 0.05) is 44.3 Å². The molecule has 2 unspecified atom stereocenters. The number of carbonyl (C=O) groups excluding carboxylic acids is 1. The number of amides is 1. The van der Waals surface area contributed by atoms with Gasteiger partial charge in [-0.1, -0.05) is 18.2 Å².